The molecule has 2 heterocycles. The zero-order valence-corrected chi connectivity index (χ0v) is 13.0. The summed E-state index contributed by atoms with van der Waals surface area (Å²) in [7, 11) is 0. The van der Waals surface area contributed by atoms with Crippen molar-refractivity contribution >= 4 is 22.5 Å². The fourth-order valence-electron chi connectivity index (χ4n) is 2.96. The Morgan fingerprint density at radius 2 is 2.00 bits per heavy atom. The van der Waals surface area contributed by atoms with Gasteiger partial charge in [0.15, 0.2) is 0 Å². The molecular formula is C16H22ClN3. The number of nitrogens with one attached hydrogen (secondary N) is 1. The molecule has 0 unspecified atom stereocenters. The summed E-state index contributed by atoms with van der Waals surface area (Å²) in [5.41, 5.74) is 2.67. The molecule has 1 aliphatic rings. The number of hydrogen-bond donors (Lipinski definition) is 1. The largest absolute Gasteiger partial charge is 0.345 e. The Balaban J connectivity index is 1.98. The molecule has 4 heteroatoms. The van der Waals surface area contributed by atoms with Gasteiger partial charge in [-0.05, 0) is 37.6 Å². The summed E-state index contributed by atoms with van der Waals surface area (Å²) in [4.78, 5) is 2.51. The van der Waals surface area contributed by atoms with Gasteiger partial charge in [0, 0.05) is 60.9 Å². The quantitative estimate of drug-likeness (QED) is 0.936. The lowest BCUT2D eigenvalue weighted by Gasteiger charge is -2.26. The Morgan fingerprint density at radius 3 is 2.70 bits per heavy atom. The van der Waals surface area contributed by atoms with E-state index in [1.165, 1.54) is 16.5 Å². The van der Waals surface area contributed by atoms with Crippen LogP contribution in [0.15, 0.2) is 24.4 Å². The summed E-state index contributed by atoms with van der Waals surface area (Å²) in [5, 5.41) is 5.52. The lowest BCUT2D eigenvalue weighted by atomic mass is 10.1. The second-order valence-electron chi connectivity index (χ2n) is 5.84. The number of aromatic nitrogens is 1. The molecule has 2 aromatic rings. The summed E-state index contributed by atoms with van der Waals surface area (Å²) in [6.45, 7) is 9.88. The van der Waals surface area contributed by atoms with Gasteiger partial charge >= 0.3 is 0 Å². The molecule has 1 fully saturated rings. The highest BCUT2D eigenvalue weighted by Crippen LogP contribution is 2.28. The van der Waals surface area contributed by atoms with Gasteiger partial charge in [0.05, 0.1) is 0 Å². The molecule has 1 aromatic carbocycles. The van der Waals surface area contributed by atoms with Crippen molar-refractivity contribution in [3.63, 3.8) is 0 Å². The topological polar surface area (TPSA) is 20.2 Å². The number of rotatable bonds is 3. The van der Waals surface area contributed by atoms with Crippen molar-refractivity contribution in [2.24, 2.45) is 0 Å². The maximum absolute atomic E-state index is 6.19. The number of fused-ring (bicyclic) bond motifs is 1. The van der Waals surface area contributed by atoms with Crippen LogP contribution in [0.5, 0.6) is 0 Å². The zero-order valence-electron chi connectivity index (χ0n) is 12.2. The predicted octanol–water partition coefficient (Wildman–Crippen LogP) is 3.28. The standard InChI is InChI=1S/C16H22ClN3/c1-12(2)20-11-13(10-19-7-5-18-6-8-19)15-9-14(17)3-4-16(15)20/h3-4,9,11-12,18H,5-8,10H2,1-2H3. The van der Waals surface area contributed by atoms with E-state index in [0.29, 0.717) is 6.04 Å². The number of hydrogen-bond acceptors (Lipinski definition) is 2. The summed E-state index contributed by atoms with van der Waals surface area (Å²) in [5.74, 6) is 0. The molecule has 3 nitrogen and oxygen atoms in total. The van der Waals surface area contributed by atoms with Crippen molar-refractivity contribution in [1.29, 1.82) is 0 Å². The number of halogens is 1. The second kappa shape index (κ2) is 5.76. The van der Waals surface area contributed by atoms with Crippen LogP contribution in [0.3, 0.4) is 0 Å². The maximum atomic E-state index is 6.19. The smallest absolute Gasteiger partial charge is 0.0487 e. The molecule has 1 N–H and O–H groups in total. The van der Waals surface area contributed by atoms with E-state index in [9.17, 15) is 0 Å². The van der Waals surface area contributed by atoms with Gasteiger partial charge in [0.2, 0.25) is 0 Å². The molecule has 1 aromatic heterocycles. The molecule has 1 aliphatic heterocycles. The van der Waals surface area contributed by atoms with Crippen LogP contribution >= 0.6 is 11.6 Å². The van der Waals surface area contributed by atoms with Gasteiger partial charge in [0.1, 0.15) is 0 Å². The summed E-state index contributed by atoms with van der Waals surface area (Å²) < 4.78 is 2.35. The van der Waals surface area contributed by atoms with Crippen LogP contribution in [0.1, 0.15) is 25.5 Å². The van der Waals surface area contributed by atoms with Gasteiger partial charge in [0.25, 0.3) is 0 Å². The lowest BCUT2D eigenvalue weighted by Crippen LogP contribution is -2.42. The minimum atomic E-state index is 0.468. The fourth-order valence-corrected chi connectivity index (χ4v) is 3.13. The van der Waals surface area contributed by atoms with Crippen LogP contribution < -0.4 is 5.32 Å². The highest BCUT2D eigenvalue weighted by atomic mass is 35.5. The zero-order chi connectivity index (χ0) is 14.1. The van der Waals surface area contributed by atoms with E-state index < -0.39 is 0 Å². The summed E-state index contributed by atoms with van der Waals surface area (Å²) in [6, 6.07) is 6.69. The Morgan fingerprint density at radius 1 is 1.25 bits per heavy atom. The number of piperazine rings is 1. The highest BCUT2D eigenvalue weighted by molar-refractivity contribution is 6.31. The van der Waals surface area contributed by atoms with Crippen molar-refractivity contribution in [3.8, 4) is 0 Å². The number of benzene rings is 1. The molecular weight excluding hydrogens is 270 g/mol. The van der Waals surface area contributed by atoms with Crippen LogP contribution in [0.4, 0.5) is 0 Å². The average Bonchev–Trinajstić information content (AvgIpc) is 2.78. The van der Waals surface area contributed by atoms with Crippen molar-refractivity contribution in [3.05, 3.63) is 35.0 Å². The van der Waals surface area contributed by atoms with Crippen LogP contribution in [-0.2, 0) is 6.54 Å². The van der Waals surface area contributed by atoms with Crippen molar-refractivity contribution in [1.82, 2.24) is 14.8 Å². The van der Waals surface area contributed by atoms with Gasteiger partial charge in [-0.15, -0.1) is 0 Å². The Kier molecular flexibility index (Phi) is 4.01. The van der Waals surface area contributed by atoms with Crippen molar-refractivity contribution < 1.29 is 0 Å². The third-order valence-corrected chi connectivity index (χ3v) is 4.27. The predicted molar refractivity (Wildman–Crippen MR) is 85.5 cm³/mol. The Hall–Kier alpha value is -1.03. The van der Waals surface area contributed by atoms with Crippen LogP contribution in [0.25, 0.3) is 10.9 Å². The molecule has 1 saturated heterocycles. The van der Waals surface area contributed by atoms with E-state index in [4.69, 9.17) is 11.6 Å². The maximum Gasteiger partial charge on any atom is 0.0487 e. The van der Waals surface area contributed by atoms with E-state index in [0.717, 1.165) is 37.7 Å². The van der Waals surface area contributed by atoms with E-state index >= 15 is 0 Å². The molecule has 0 spiro atoms. The normalized spacial score (nSPS) is 17.2. The first-order chi connectivity index (χ1) is 9.65. The molecule has 0 saturated carbocycles. The number of nitrogens with zero attached hydrogens (tertiary/aromatic N) is 2. The first-order valence-electron chi connectivity index (χ1n) is 7.37. The molecule has 0 amide bonds. The molecule has 20 heavy (non-hydrogen) atoms. The van der Waals surface area contributed by atoms with Crippen LogP contribution in [0.2, 0.25) is 5.02 Å². The van der Waals surface area contributed by atoms with Crippen LogP contribution in [-0.4, -0.2) is 35.6 Å². The second-order valence-corrected chi connectivity index (χ2v) is 6.28. The first-order valence-corrected chi connectivity index (χ1v) is 7.75. The molecule has 0 bridgehead atoms. The van der Waals surface area contributed by atoms with Crippen LogP contribution in [0, 0.1) is 0 Å². The summed E-state index contributed by atoms with van der Waals surface area (Å²) in [6.07, 6.45) is 2.30. The van der Waals surface area contributed by atoms with Crippen molar-refractivity contribution in [2.75, 3.05) is 26.2 Å². The third-order valence-electron chi connectivity index (χ3n) is 4.04. The minimum absolute atomic E-state index is 0.468. The first kappa shape index (κ1) is 13.9. The Bertz CT molecular complexity index is 597. The molecule has 3 rings (SSSR count). The van der Waals surface area contributed by atoms with Gasteiger partial charge in [-0.1, -0.05) is 11.6 Å². The lowest BCUT2D eigenvalue weighted by molar-refractivity contribution is 0.234. The summed E-state index contributed by atoms with van der Waals surface area (Å²) >= 11 is 6.19. The van der Waals surface area contributed by atoms with Gasteiger partial charge in [-0.25, -0.2) is 0 Å². The van der Waals surface area contributed by atoms with E-state index in [1.807, 2.05) is 6.07 Å². The third kappa shape index (κ3) is 2.71. The molecule has 108 valence electrons. The highest BCUT2D eigenvalue weighted by Gasteiger charge is 2.15. The minimum Gasteiger partial charge on any atom is -0.345 e. The van der Waals surface area contributed by atoms with E-state index in [-0.39, 0.29) is 0 Å². The van der Waals surface area contributed by atoms with E-state index in [2.05, 4.69) is 47.0 Å². The monoisotopic (exact) mass is 291 g/mol. The Labute approximate surface area is 125 Å². The van der Waals surface area contributed by atoms with Crippen molar-refractivity contribution in [2.45, 2.75) is 26.4 Å². The van der Waals surface area contributed by atoms with Gasteiger partial charge in [-0.2, -0.15) is 0 Å². The molecule has 0 atom stereocenters. The van der Waals surface area contributed by atoms with Gasteiger partial charge in [-0.3, -0.25) is 4.90 Å². The average molecular weight is 292 g/mol. The fraction of sp³-hybridized carbons (Fsp3) is 0.500. The SMILES string of the molecule is CC(C)n1cc(CN2CCNCC2)c2cc(Cl)ccc21. The molecule has 0 radical (unpaired) electrons. The van der Waals surface area contributed by atoms with Gasteiger partial charge < -0.3 is 9.88 Å². The molecule has 0 aliphatic carbocycles. The van der Waals surface area contributed by atoms with E-state index in [1.54, 1.807) is 0 Å².